The number of amides is 1. The maximum absolute atomic E-state index is 12.7. The fourth-order valence-corrected chi connectivity index (χ4v) is 3.79. The summed E-state index contributed by atoms with van der Waals surface area (Å²) in [7, 11) is 1.64. The van der Waals surface area contributed by atoms with Crippen LogP contribution in [0.4, 0.5) is 5.69 Å². The van der Waals surface area contributed by atoms with E-state index in [2.05, 4.69) is 12.2 Å². The molecule has 6 nitrogen and oxygen atoms in total. The van der Waals surface area contributed by atoms with Crippen molar-refractivity contribution in [3.63, 3.8) is 0 Å². The van der Waals surface area contributed by atoms with Gasteiger partial charge in [0.05, 0.1) is 18.5 Å². The molecule has 174 valence electrons. The van der Waals surface area contributed by atoms with Crippen LogP contribution in [-0.2, 0) is 17.6 Å². The second-order valence-electron chi connectivity index (χ2n) is 8.03. The second-order valence-corrected chi connectivity index (χ2v) is 8.03. The first-order valence-electron chi connectivity index (χ1n) is 11.4. The highest BCUT2D eigenvalue weighted by Crippen LogP contribution is 2.33. The third kappa shape index (κ3) is 5.46. The lowest BCUT2D eigenvalue weighted by Gasteiger charge is -2.12. The first-order valence-corrected chi connectivity index (χ1v) is 11.4. The number of nitrogens with zero attached hydrogens (tertiary/aromatic N) is 2. The van der Waals surface area contributed by atoms with Gasteiger partial charge in [-0.25, -0.2) is 4.68 Å². The highest BCUT2D eigenvalue weighted by atomic mass is 16.5. The summed E-state index contributed by atoms with van der Waals surface area (Å²) in [6.45, 7) is 4.09. The van der Waals surface area contributed by atoms with Crippen LogP contribution in [0.2, 0.25) is 0 Å². The Morgan fingerprint density at radius 2 is 1.74 bits per heavy atom. The molecular formula is C28H29N3O3. The molecule has 6 heteroatoms. The zero-order chi connectivity index (χ0) is 23.9. The van der Waals surface area contributed by atoms with Crippen LogP contribution >= 0.6 is 0 Å². The number of ether oxygens (including phenoxy) is 2. The SMILES string of the molecule is CCc1nn(-c2ccc(OC)cc2)c(Oc2cccc(C)c2)c1CCC(=O)Nc1ccccc1. The minimum atomic E-state index is -0.0491. The van der Waals surface area contributed by atoms with Gasteiger partial charge in [0.1, 0.15) is 11.5 Å². The molecule has 0 bridgehead atoms. The van der Waals surface area contributed by atoms with E-state index in [-0.39, 0.29) is 5.91 Å². The van der Waals surface area contributed by atoms with Gasteiger partial charge in [-0.2, -0.15) is 5.10 Å². The van der Waals surface area contributed by atoms with E-state index in [1.165, 1.54) is 0 Å². The molecule has 0 aliphatic carbocycles. The molecule has 0 saturated heterocycles. The van der Waals surface area contributed by atoms with E-state index >= 15 is 0 Å². The average molecular weight is 456 g/mol. The molecular weight excluding hydrogens is 426 g/mol. The van der Waals surface area contributed by atoms with E-state index in [1.54, 1.807) is 7.11 Å². The fourth-order valence-electron chi connectivity index (χ4n) is 3.79. The second kappa shape index (κ2) is 10.7. The Balaban J connectivity index is 1.66. The highest BCUT2D eigenvalue weighted by molar-refractivity contribution is 5.90. The van der Waals surface area contributed by atoms with Crippen molar-refractivity contribution in [1.82, 2.24) is 9.78 Å². The van der Waals surface area contributed by atoms with Crippen molar-refractivity contribution in [3.8, 4) is 23.1 Å². The number of methoxy groups -OCH3 is 1. The summed E-state index contributed by atoms with van der Waals surface area (Å²) in [5, 5.41) is 7.81. The molecule has 0 radical (unpaired) electrons. The van der Waals surface area contributed by atoms with E-state index in [1.807, 2.05) is 90.5 Å². The van der Waals surface area contributed by atoms with Crippen molar-refractivity contribution in [2.24, 2.45) is 0 Å². The summed E-state index contributed by atoms with van der Waals surface area (Å²) in [6, 6.07) is 25.1. The third-order valence-electron chi connectivity index (χ3n) is 5.54. The van der Waals surface area contributed by atoms with Gasteiger partial charge in [-0.15, -0.1) is 0 Å². The number of para-hydroxylation sites is 1. The Morgan fingerprint density at radius 1 is 0.971 bits per heavy atom. The number of aryl methyl sites for hydroxylation is 2. The zero-order valence-electron chi connectivity index (χ0n) is 19.7. The van der Waals surface area contributed by atoms with Gasteiger partial charge in [-0.3, -0.25) is 4.79 Å². The Hall–Kier alpha value is -4.06. The number of carbonyl (C=O) groups excluding carboxylic acids is 1. The maximum Gasteiger partial charge on any atom is 0.226 e. The van der Waals surface area contributed by atoms with Crippen LogP contribution in [0, 0.1) is 6.92 Å². The fraction of sp³-hybridized carbons (Fsp3) is 0.214. The summed E-state index contributed by atoms with van der Waals surface area (Å²) in [4.78, 5) is 12.7. The number of aromatic nitrogens is 2. The maximum atomic E-state index is 12.7. The summed E-state index contributed by atoms with van der Waals surface area (Å²) in [5.74, 6) is 2.07. The van der Waals surface area contributed by atoms with Gasteiger partial charge in [0.25, 0.3) is 0 Å². The predicted octanol–water partition coefficient (Wildman–Crippen LogP) is 6.12. The molecule has 1 amide bonds. The van der Waals surface area contributed by atoms with Gasteiger partial charge >= 0.3 is 0 Å². The predicted molar refractivity (Wildman–Crippen MR) is 134 cm³/mol. The third-order valence-corrected chi connectivity index (χ3v) is 5.54. The van der Waals surface area contributed by atoms with Crippen LogP contribution < -0.4 is 14.8 Å². The number of benzene rings is 3. The topological polar surface area (TPSA) is 65.4 Å². The zero-order valence-corrected chi connectivity index (χ0v) is 19.7. The van der Waals surface area contributed by atoms with Crippen LogP contribution in [0.15, 0.2) is 78.9 Å². The van der Waals surface area contributed by atoms with Crippen LogP contribution in [0.1, 0.15) is 30.2 Å². The smallest absolute Gasteiger partial charge is 0.226 e. The lowest BCUT2D eigenvalue weighted by Crippen LogP contribution is -2.12. The normalized spacial score (nSPS) is 10.7. The summed E-state index contributed by atoms with van der Waals surface area (Å²) < 4.78 is 13.5. The molecule has 1 heterocycles. The minimum Gasteiger partial charge on any atom is -0.497 e. The molecule has 1 N–H and O–H groups in total. The number of hydrogen-bond acceptors (Lipinski definition) is 4. The Labute approximate surface area is 200 Å². The summed E-state index contributed by atoms with van der Waals surface area (Å²) in [5.41, 5.74) is 4.59. The molecule has 4 aromatic rings. The lowest BCUT2D eigenvalue weighted by molar-refractivity contribution is -0.116. The van der Waals surface area contributed by atoms with Gasteiger partial charge in [0.15, 0.2) is 0 Å². The molecule has 3 aromatic carbocycles. The Morgan fingerprint density at radius 3 is 2.41 bits per heavy atom. The van der Waals surface area contributed by atoms with Crippen molar-refractivity contribution in [2.45, 2.75) is 33.1 Å². The molecule has 0 aliphatic heterocycles. The molecule has 0 aliphatic rings. The molecule has 0 saturated carbocycles. The highest BCUT2D eigenvalue weighted by Gasteiger charge is 2.21. The first kappa shape index (κ1) is 23.1. The van der Waals surface area contributed by atoms with Gasteiger partial charge < -0.3 is 14.8 Å². The number of carbonyl (C=O) groups is 1. The van der Waals surface area contributed by atoms with Crippen molar-refractivity contribution in [2.75, 3.05) is 12.4 Å². The first-order chi connectivity index (χ1) is 16.6. The van der Waals surface area contributed by atoms with Crippen LogP contribution in [0.25, 0.3) is 5.69 Å². The number of rotatable bonds is 9. The van der Waals surface area contributed by atoms with Crippen molar-refractivity contribution in [3.05, 3.63) is 95.7 Å². The number of anilines is 1. The van der Waals surface area contributed by atoms with Gasteiger partial charge in [-0.05, 0) is 73.9 Å². The van der Waals surface area contributed by atoms with Crippen molar-refractivity contribution in [1.29, 1.82) is 0 Å². The lowest BCUT2D eigenvalue weighted by atomic mass is 10.1. The molecule has 4 rings (SSSR count). The van der Waals surface area contributed by atoms with E-state index < -0.39 is 0 Å². The molecule has 0 unspecified atom stereocenters. The van der Waals surface area contributed by atoms with E-state index in [0.717, 1.165) is 46.1 Å². The monoisotopic (exact) mass is 455 g/mol. The number of nitrogens with one attached hydrogen (secondary N) is 1. The van der Waals surface area contributed by atoms with E-state index in [0.29, 0.717) is 18.7 Å². The average Bonchev–Trinajstić information content (AvgIpc) is 3.20. The molecule has 0 fully saturated rings. The Bertz CT molecular complexity index is 1250. The van der Waals surface area contributed by atoms with Gasteiger partial charge in [-0.1, -0.05) is 37.3 Å². The van der Waals surface area contributed by atoms with E-state index in [9.17, 15) is 4.79 Å². The summed E-state index contributed by atoms with van der Waals surface area (Å²) in [6.07, 6.45) is 1.56. The van der Waals surface area contributed by atoms with Crippen molar-refractivity contribution < 1.29 is 14.3 Å². The van der Waals surface area contributed by atoms with Gasteiger partial charge in [0.2, 0.25) is 11.8 Å². The van der Waals surface area contributed by atoms with Crippen molar-refractivity contribution >= 4 is 11.6 Å². The minimum absolute atomic E-state index is 0.0491. The van der Waals surface area contributed by atoms with Crippen LogP contribution in [0.5, 0.6) is 17.4 Å². The molecule has 1 aromatic heterocycles. The summed E-state index contributed by atoms with van der Waals surface area (Å²) >= 11 is 0. The molecule has 34 heavy (non-hydrogen) atoms. The van der Waals surface area contributed by atoms with E-state index in [4.69, 9.17) is 14.6 Å². The van der Waals surface area contributed by atoms with Crippen LogP contribution in [-0.4, -0.2) is 22.8 Å². The van der Waals surface area contributed by atoms with Gasteiger partial charge in [0, 0.05) is 17.7 Å². The largest absolute Gasteiger partial charge is 0.497 e. The quantitative estimate of drug-likeness (QED) is 0.330. The molecule has 0 atom stereocenters. The number of hydrogen-bond donors (Lipinski definition) is 1. The van der Waals surface area contributed by atoms with Crippen LogP contribution in [0.3, 0.4) is 0 Å². The Kier molecular flexibility index (Phi) is 7.28. The molecule has 0 spiro atoms. The standard InChI is InChI=1S/C28H29N3O3/c1-4-26-25(17-18-27(32)29-21-10-6-5-7-11-21)28(34-24-12-8-9-20(2)19-24)31(30-26)22-13-15-23(33-3)16-14-22/h5-16,19H,4,17-18H2,1-3H3,(H,29,32).